The van der Waals surface area contributed by atoms with Crippen molar-refractivity contribution in [2.45, 2.75) is 51.9 Å². The lowest BCUT2D eigenvalue weighted by Gasteiger charge is -2.01. The second-order valence-corrected chi connectivity index (χ2v) is 3.36. The number of rotatable bonds is 10. The van der Waals surface area contributed by atoms with Crippen molar-refractivity contribution < 1.29 is 24.7 Å². The molecule has 0 radical (unpaired) electrons. The lowest BCUT2D eigenvalue weighted by Crippen LogP contribution is -2.03. The number of carbonyl (C=O) groups is 1. The minimum Gasteiger partial charge on any atom is -0.448 e. The van der Waals surface area contributed by atoms with Crippen LogP contribution in [0.1, 0.15) is 51.9 Å². The summed E-state index contributed by atoms with van der Waals surface area (Å²) >= 11 is 0. The minimum absolute atomic E-state index is 0.362. The Morgan fingerprint density at radius 3 is 2.27 bits per heavy atom. The van der Waals surface area contributed by atoms with Gasteiger partial charge in [-0.15, -0.1) is 0 Å². The molecule has 0 aliphatic heterocycles. The van der Waals surface area contributed by atoms with Crippen LogP contribution < -0.4 is 0 Å². The van der Waals surface area contributed by atoms with Gasteiger partial charge in [0.25, 0.3) is 0 Å². The van der Waals surface area contributed by atoms with E-state index in [0.29, 0.717) is 6.61 Å². The van der Waals surface area contributed by atoms with Gasteiger partial charge in [-0.2, -0.15) is 4.89 Å². The van der Waals surface area contributed by atoms with E-state index in [1.54, 1.807) is 0 Å². The molecular formula is C10H20O5. The second kappa shape index (κ2) is 11.3. The van der Waals surface area contributed by atoms with Gasteiger partial charge >= 0.3 is 6.16 Å². The van der Waals surface area contributed by atoms with Crippen LogP contribution in [0.25, 0.3) is 0 Å². The molecule has 0 aliphatic rings. The summed E-state index contributed by atoms with van der Waals surface area (Å²) in [6, 6.07) is 0. The molecule has 0 unspecified atom stereocenters. The fourth-order valence-electron chi connectivity index (χ4n) is 1.21. The highest BCUT2D eigenvalue weighted by Crippen LogP contribution is 2.06. The predicted molar refractivity (Wildman–Crippen MR) is 54.1 cm³/mol. The summed E-state index contributed by atoms with van der Waals surface area (Å²) < 4.78 is 0. The Morgan fingerprint density at radius 1 is 1.07 bits per heavy atom. The highest BCUT2D eigenvalue weighted by Gasteiger charge is 1.97. The van der Waals surface area contributed by atoms with E-state index in [2.05, 4.69) is 21.7 Å². The number of unbranched alkanes of at least 4 members (excludes halogenated alkanes) is 6. The Labute approximate surface area is 90.2 Å². The Kier molecular flexibility index (Phi) is 10.7. The highest BCUT2D eigenvalue weighted by atomic mass is 17.5. The summed E-state index contributed by atoms with van der Waals surface area (Å²) in [4.78, 5) is 18.0. The average molecular weight is 220 g/mol. The molecular weight excluding hydrogens is 200 g/mol. The molecule has 0 bridgehead atoms. The maximum Gasteiger partial charge on any atom is 0.540 e. The van der Waals surface area contributed by atoms with Crippen LogP contribution in [-0.4, -0.2) is 17.9 Å². The topological polar surface area (TPSA) is 65.0 Å². The third-order valence-electron chi connectivity index (χ3n) is 1.98. The lowest BCUT2D eigenvalue weighted by molar-refractivity contribution is -0.485. The van der Waals surface area contributed by atoms with E-state index in [4.69, 9.17) is 5.11 Å². The van der Waals surface area contributed by atoms with Gasteiger partial charge in [-0.1, -0.05) is 45.4 Å². The van der Waals surface area contributed by atoms with E-state index >= 15 is 0 Å². The fraction of sp³-hybridized carbons (Fsp3) is 0.900. The van der Waals surface area contributed by atoms with Gasteiger partial charge in [0.2, 0.25) is 0 Å². The smallest absolute Gasteiger partial charge is 0.448 e. The van der Waals surface area contributed by atoms with Gasteiger partial charge in [0.15, 0.2) is 0 Å². The molecule has 5 heteroatoms. The number of hydrogen-bond donors (Lipinski definition) is 1. The summed E-state index contributed by atoms with van der Waals surface area (Å²) in [5, 5.41) is 12.0. The largest absolute Gasteiger partial charge is 0.540 e. The van der Waals surface area contributed by atoms with Crippen LogP contribution in [0.2, 0.25) is 0 Å². The summed E-state index contributed by atoms with van der Waals surface area (Å²) in [6.07, 6.45) is 6.69. The van der Waals surface area contributed by atoms with Crippen LogP contribution in [-0.2, 0) is 14.8 Å². The zero-order chi connectivity index (χ0) is 11.4. The van der Waals surface area contributed by atoms with Gasteiger partial charge in [-0.25, -0.2) is 9.68 Å². The Bertz CT molecular complexity index is 149. The first-order chi connectivity index (χ1) is 7.27. The third kappa shape index (κ3) is 13.2. The van der Waals surface area contributed by atoms with E-state index in [-0.39, 0.29) is 0 Å². The van der Waals surface area contributed by atoms with E-state index in [0.717, 1.165) is 12.8 Å². The van der Waals surface area contributed by atoms with E-state index < -0.39 is 6.16 Å². The van der Waals surface area contributed by atoms with Crippen molar-refractivity contribution in [2.75, 3.05) is 6.61 Å². The van der Waals surface area contributed by atoms with Gasteiger partial charge in [-0.05, 0) is 11.5 Å². The van der Waals surface area contributed by atoms with E-state index in [1.807, 2.05) is 0 Å². The predicted octanol–water partition coefficient (Wildman–Crippen LogP) is 3.29. The first-order valence-corrected chi connectivity index (χ1v) is 5.46. The normalized spacial score (nSPS) is 10.2. The molecule has 0 amide bonds. The van der Waals surface area contributed by atoms with Crippen LogP contribution in [0.3, 0.4) is 0 Å². The molecule has 0 rings (SSSR count). The fourth-order valence-corrected chi connectivity index (χ4v) is 1.21. The van der Waals surface area contributed by atoms with Crippen LogP contribution in [0, 0.1) is 0 Å². The SMILES string of the molecule is CCCCCCCCCOOOC(=O)O. The van der Waals surface area contributed by atoms with Crippen molar-refractivity contribution in [3.63, 3.8) is 0 Å². The van der Waals surface area contributed by atoms with Crippen LogP contribution >= 0.6 is 0 Å². The van der Waals surface area contributed by atoms with Gasteiger partial charge in [0.1, 0.15) is 0 Å². The Balaban J connectivity index is 2.89. The van der Waals surface area contributed by atoms with Crippen LogP contribution in [0.15, 0.2) is 0 Å². The lowest BCUT2D eigenvalue weighted by atomic mass is 10.1. The van der Waals surface area contributed by atoms with Crippen molar-refractivity contribution in [3.8, 4) is 0 Å². The maximum absolute atomic E-state index is 9.81. The van der Waals surface area contributed by atoms with Gasteiger partial charge in [0, 0.05) is 0 Å². The molecule has 15 heavy (non-hydrogen) atoms. The van der Waals surface area contributed by atoms with Crippen molar-refractivity contribution in [1.82, 2.24) is 0 Å². The second-order valence-electron chi connectivity index (χ2n) is 3.36. The summed E-state index contributed by atoms with van der Waals surface area (Å²) in [6.45, 7) is 2.55. The van der Waals surface area contributed by atoms with Gasteiger partial charge in [0.05, 0.1) is 6.61 Å². The van der Waals surface area contributed by atoms with Gasteiger partial charge in [-0.3, -0.25) is 0 Å². The molecule has 0 fully saturated rings. The quantitative estimate of drug-likeness (QED) is 0.347. The number of hydrogen-bond acceptors (Lipinski definition) is 4. The zero-order valence-electron chi connectivity index (χ0n) is 9.24. The first-order valence-electron chi connectivity index (χ1n) is 5.46. The summed E-state index contributed by atoms with van der Waals surface area (Å²) in [7, 11) is 0. The molecule has 0 atom stereocenters. The Morgan fingerprint density at radius 2 is 1.67 bits per heavy atom. The summed E-state index contributed by atoms with van der Waals surface area (Å²) in [5.74, 6) is 0. The van der Waals surface area contributed by atoms with Crippen LogP contribution in [0.4, 0.5) is 4.79 Å². The molecule has 0 aliphatic carbocycles. The Hall–Kier alpha value is -0.810. The third-order valence-corrected chi connectivity index (χ3v) is 1.98. The number of carboxylic acid groups (broad SMARTS) is 1. The van der Waals surface area contributed by atoms with Crippen LogP contribution in [0.5, 0.6) is 0 Å². The molecule has 0 aromatic rings. The molecule has 0 aromatic heterocycles. The van der Waals surface area contributed by atoms with E-state index in [1.165, 1.54) is 32.1 Å². The van der Waals surface area contributed by atoms with Crippen molar-refractivity contribution >= 4 is 6.16 Å². The monoisotopic (exact) mass is 220 g/mol. The molecule has 0 heterocycles. The van der Waals surface area contributed by atoms with Gasteiger partial charge < -0.3 is 5.11 Å². The maximum atomic E-state index is 9.81. The molecule has 5 nitrogen and oxygen atoms in total. The molecule has 0 saturated heterocycles. The first kappa shape index (κ1) is 14.2. The minimum atomic E-state index is -1.51. The average Bonchev–Trinajstić information content (AvgIpc) is 2.20. The molecule has 90 valence electrons. The van der Waals surface area contributed by atoms with E-state index in [9.17, 15) is 4.79 Å². The highest BCUT2D eigenvalue weighted by molar-refractivity contribution is 5.55. The van der Waals surface area contributed by atoms with Crippen molar-refractivity contribution in [1.29, 1.82) is 0 Å². The standard InChI is InChI=1S/C10H20O5/c1-2-3-4-5-6-7-8-9-13-15-14-10(11)12/h2-9H2,1H3,(H,11,12). The molecule has 0 aromatic carbocycles. The van der Waals surface area contributed by atoms with Crippen molar-refractivity contribution in [2.24, 2.45) is 0 Å². The molecule has 1 N–H and O–H groups in total. The summed E-state index contributed by atoms with van der Waals surface area (Å²) in [5.41, 5.74) is 0. The molecule has 0 saturated carbocycles. The molecule has 0 spiro atoms. The zero-order valence-corrected chi connectivity index (χ0v) is 9.24. The van der Waals surface area contributed by atoms with Crippen molar-refractivity contribution in [3.05, 3.63) is 0 Å².